The molecule has 4 rings (SSSR count). The molecule has 1 saturated heterocycles. The maximum atomic E-state index is 13.3. The van der Waals surface area contributed by atoms with Gasteiger partial charge in [-0.1, -0.05) is 25.0 Å². The van der Waals surface area contributed by atoms with E-state index in [0.717, 1.165) is 18.4 Å². The number of carbonyl (C=O) groups excluding carboxylic acids is 2. The average molecular weight is 447 g/mol. The van der Waals surface area contributed by atoms with Crippen molar-refractivity contribution >= 4 is 17.6 Å². The van der Waals surface area contributed by atoms with Crippen LogP contribution in [0.1, 0.15) is 52.1 Å². The van der Waals surface area contributed by atoms with E-state index in [1.807, 2.05) is 0 Å². The SMILES string of the molecule is O=C(NCCC1CC1)c1ccc(N2CCCN(C(=O)c3ccccc3C(F)(F)F)C2)nn1. The minimum Gasteiger partial charge on any atom is -0.351 e. The van der Waals surface area contributed by atoms with Crippen LogP contribution in [0.15, 0.2) is 36.4 Å². The molecule has 10 heteroatoms. The molecule has 2 aliphatic rings. The minimum atomic E-state index is -4.61. The van der Waals surface area contributed by atoms with Gasteiger partial charge in [-0.05, 0) is 43.0 Å². The van der Waals surface area contributed by atoms with Crippen molar-refractivity contribution in [1.29, 1.82) is 0 Å². The number of nitrogens with one attached hydrogen (secondary N) is 1. The van der Waals surface area contributed by atoms with Gasteiger partial charge in [-0.25, -0.2) is 0 Å². The Hall–Kier alpha value is -3.17. The molecule has 1 aromatic carbocycles. The molecule has 1 aliphatic heterocycles. The fraction of sp³-hybridized carbons (Fsp3) is 0.455. The van der Waals surface area contributed by atoms with E-state index in [1.165, 1.54) is 35.9 Å². The van der Waals surface area contributed by atoms with Gasteiger partial charge in [0.2, 0.25) is 0 Å². The summed E-state index contributed by atoms with van der Waals surface area (Å²) in [6, 6.07) is 8.00. The number of carbonyl (C=O) groups is 2. The predicted molar refractivity (Wildman–Crippen MR) is 111 cm³/mol. The number of alkyl halides is 3. The maximum absolute atomic E-state index is 13.3. The third-order valence-corrected chi connectivity index (χ3v) is 5.69. The summed E-state index contributed by atoms with van der Waals surface area (Å²) >= 11 is 0. The lowest BCUT2D eigenvalue weighted by Gasteiger charge is -2.36. The van der Waals surface area contributed by atoms with Crippen LogP contribution in [-0.2, 0) is 6.18 Å². The van der Waals surface area contributed by atoms with E-state index in [9.17, 15) is 22.8 Å². The summed E-state index contributed by atoms with van der Waals surface area (Å²) in [5.74, 6) is 0.212. The van der Waals surface area contributed by atoms with Gasteiger partial charge in [0.25, 0.3) is 11.8 Å². The van der Waals surface area contributed by atoms with Gasteiger partial charge in [0.05, 0.1) is 17.8 Å². The van der Waals surface area contributed by atoms with Crippen LogP contribution in [0.3, 0.4) is 0 Å². The molecule has 7 nitrogen and oxygen atoms in total. The predicted octanol–water partition coefficient (Wildman–Crippen LogP) is 3.34. The van der Waals surface area contributed by atoms with E-state index in [4.69, 9.17) is 0 Å². The topological polar surface area (TPSA) is 78.4 Å². The summed E-state index contributed by atoms with van der Waals surface area (Å²) in [6.45, 7) is 1.62. The van der Waals surface area contributed by atoms with E-state index in [0.29, 0.717) is 31.9 Å². The molecule has 2 amide bonds. The Morgan fingerprint density at radius 3 is 2.53 bits per heavy atom. The van der Waals surface area contributed by atoms with Crippen molar-refractivity contribution in [2.45, 2.75) is 31.9 Å². The van der Waals surface area contributed by atoms with Crippen LogP contribution in [0, 0.1) is 5.92 Å². The van der Waals surface area contributed by atoms with Gasteiger partial charge in [0.1, 0.15) is 0 Å². The molecule has 1 aromatic heterocycles. The summed E-state index contributed by atoms with van der Waals surface area (Å²) in [6.07, 6.45) is -0.622. The minimum absolute atomic E-state index is 0.0899. The van der Waals surface area contributed by atoms with Crippen LogP contribution < -0.4 is 10.2 Å². The molecule has 2 heterocycles. The van der Waals surface area contributed by atoms with Crippen LogP contribution in [0.25, 0.3) is 0 Å². The Balaban J connectivity index is 1.40. The molecule has 0 bridgehead atoms. The smallest absolute Gasteiger partial charge is 0.351 e. The first-order valence-corrected chi connectivity index (χ1v) is 10.7. The molecule has 170 valence electrons. The summed E-state index contributed by atoms with van der Waals surface area (Å²) in [4.78, 5) is 28.2. The number of hydrogen-bond acceptors (Lipinski definition) is 5. The molecule has 0 spiro atoms. The van der Waals surface area contributed by atoms with Crippen LogP contribution in [0.5, 0.6) is 0 Å². The van der Waals surface area contributed by atoms with Crippen molar-refractivity contribution in [3.63, 3.8) is 0 Å². The lowest BCUT2D eigenvalue weighted by Crippen LogP contribution is -2.48. The zero-order chi connectivity index (χ0) is 22.7. The largest absolute Gasteiger partial charge is 0.417 e. The molecule has 32 heavy (non-hydrogen) atoms. The van der Waals surface area contributed by atoms with E-state index >= 15 is 0 Å². The molecule has 0 unspecified atom stereocenters. The van der Waals surface area contributed by atoms with Gasteiger partial charge in [-0.15, -0.1) is 10.2 Å². The summed E-state index contributed by atoms with van der Waals surface area (Å²) in [5, 5.41) is 10.9. The fourth-order valence-electron chi connectivity index (χ4n) is 3.74. The highest BCUT2D eigenvalue weighted by Gasteiger charge is 2.36. The average Bonchev–Trinajstić information content (AvgIpc) is 3.62. The number of rotatable bonds is 6. The maximum Gasteiger partial charge on any atom is 0.417 e. The molecule has 0 atom stereocenters. The van der Waals surface area contributed by atoms with Crippen LogP contribution in [0.2, 0.25) is 0 Å². The number of halogens is 3. The molecular formula is C22H24F3N5O2. The fourth-order valence-corrected chi connectivity index (χ4v) is 3.74. The summed E-state index contributed by atoms with van der Waals surface area (Å²) in [5.41, 5.74) is -1.11. The van der Waals surface area contributed by atoms with Crippen molar-refractivity contribution in [2.24, 2.45) is 5.92 Å². The number of amides is 2. The number of anilines is 1. The monoisotopic (exact) mass is 447 g/mol. The Bertz CT molecular complexity index is 976. The molecule has 2 fully saturated rings. The molecular weight excluding hydrogens is 423 g/mol. The van der Waals surface area contributed by atoms with Crippen molar-refractivity contribution in [3.8, 4) is 0 Å². The van der Waals surface area contributed by atoms with E-state index in [1.54, 1.807) is 17.0 Å². The molecule has 1 saturated carbocycles. The highest BCUT2D eigenvalue weighted by Crippen LogP contribution is 2.33. The van der Waals surface area contributed by atoms with E-state index in [-0.39, 0.29) is 23.8 Å². The number of benzene rings is 1. The van der Waals surface area contributed by atoms with Crippen molar-refractivity contribution in [2.75, 3.05) is 31.2 Å². The van der Waals surface area contributed by atoms with Gasteiger partial charge in [-0.3, -0.25) is 9.59 Å². The Morgan fingerprint density at radius 2 is 1.84 bits per heavy atom. The first-order valence-electron chi connectivity index (χ1n) is 10.7. The Kier molecular flexibility index (Phi) is 6.29. The van der Waals surface area contributed by atoms with Crippen molar-refractivity contribution in [3.05, 3.63) is 53.2 Å². The van der Waals surface area contributed by atoms with Gasteiger partial charge in [-0.2, -0.15) is 13.2 Å². The zero-order valence-corrected chi connectivity index (χ0v) is 17.4. The van der Waals surface area contributed by atoms with E-state index in [2.05, 4.69) is 15.5 Å². The second-order valence-corrected chi connectivity index (χ2v) is 8.14. The summed E-state index contributed by atoms with van der Waals surface area (Å²) in [7, 11) is 0. The van der Waals surface area contributed by atoms with E-state index < -0.39 is 17.6 Å². The Labute approximate surface area is 183 Å². The first kappa shape index (κ1) is 22.0. The van der Waals surface area contributed by atoms with Gasteiger partial charge >= 0.3 is 6.18 Å². The molecule has 0 radical (unpaired) electrons. The molecule has 2 aromatic rings. The highest BCUT2D eigenvalue weighted by molar-refractivity contribution is 5.96. The third kappa shape index (κ3) is 5.17. The molecule has 1 N–H and O–H groups in total. The van der Waals surface area contributed by atoms with Crippen molar-refractivity contribution in [1.82, 2.24) is 20.4 Å². The second kappa shape index (κ2) is 9.13. The normalized spacial score (nSPS) is 16.7. The number of hydrogen-bond donors (Lipinski definition) is 1. The van der Waals surface area contributed by atoms with Gasteiger partial charge < -0.3 is 15.1 Å². The molecule has 1 aliphatic carbocycles. The van der Waals surface area contributed by atoms with Gasteiger partial charge in [0.15, 0.2) is 11.5 Å². The van der Waals surface area contributed by atoms with Gasteiger partial charge in [0, 0.05) is 19.6 Å². The lowest BCUT2D eigenvalue weighted by molar-refractivity contribution is -0.138. The summed E-state index contributed by atoms with van der Waals surface area (Å²) < 4.78 is 39.9. The lowest BCUT2D eigenvalue weighted by atomic mass is 10.1. The van der Waals surface area contributed by atoms with Crippen molar-refractivity contribution < 1.29 is 22.8 Å². The first-order chi connectivity index (χ1) is 15.3. The zero-order valence-electron chi connectivity index (χ0n) is 17.4. The third-order valence-electron chi connectivity index (χ3n) is 5.69. The second-order valence-electron chi connectivity index (χ2n) is 8.14. The number of aromatic nitrogens is 2. The standard InChI is InChI=1S/C22H24F3N5O2/c23-22(24,25)17-5-2-1-4-16(17)21(32)30-13-3-12-29(14-30)19-9-8-18(27-28-19)20(31)26-11-10-15-6-7-15/h1-2,4-5,8-9,15H,3,6-7,10-14H2,(H,26,31). The number of nitrogens with zero attached hydrogens (tertiary/aromatic N) is 4. The Morgan fingerprint density at radius 1 is 1.06 bits per heavy atom. The van der Waals surface area contributed by atoms with Crippen LogP contribution >= 0.6 is 0 Å². The van der Waals surface area contributed by atoms with Crippen LogP contribution in [-0.4, -0.2) is 53.2 Å². The highest BCUT2D eigenvalue weighted by atomic mass is 19.4. The van der Waals surface area contributed by atoms with Crippen LogP contribution in [0.4, 0.5) is 19.0 Å². The quantitative estimate of drug-likeness (QED) is 0.735.